The molecule has 164 valence electrons. The van der Waals surface area contributed by atoms with Gasteiger partial charge in [-0.1, -0.05) is 30.3 Å². The van der Waals surface area contributed by atoms with E-state index in [-0.39, 0.29) is 0 Å². The number of benzene rings is 2. The van der Waals surface area contributed by atoms with Crippen LogP contribution in [-0.4, -0.2) is 47.3 Å². The van der Waals surface area contributed by atoms with Crippen molar-refractivity contribution in [2.45, 2.75) is 25.7 Å². The number of anilines is 3. The van der Waals surface area contributed by atoms with E-state index in [0.717, 1.165) is 55.1 Å². The van der Waals surface area contributed by atoms with Crippen LogP contribution in [0.2, 0.25) is 0 Å². The van der Waals surface area contributed by atoms with Crippen LogP contribution in [-0.2, 0) is 0 Å². The first-order chi connectivity index (χ1) is 15.8. The smallest absolute Gasteiger partial charge is 0.250 e. The second-order valence-electron chi connectivity index (χ2n) is 8.00. The summed E-state index contributed by atoms with van der Waals surface area (Å²) in [6, 6.07) is 17.5. The summed E-state index contributed by atoms with van der Waals surface area (Å²) in [5, 5.41) is 4.38. The fraction of sp³-hybridized carbons (Fsp3) is 0.333. The number of hydrogen-bond donors (Lipinski definition) is 1. The zero-order valence-corrected chi connectivity index (χ0v) is 18.0. The van der Waals surface area contributed by atoms with Gasteiger partial charge in [-0.25, -0.2) is 5.43 Å². The highest BCUT2D eigenvalue weighted by molar-refractivity contribution is 5.80. The van der Waals surface area contributed by atoms with Crippen molar-refractivity contribution >= 4 is 24.1 Å². The molecular formula is C24H27N7O. The maximum absolute atomic E-state index is 5.90. The van der Waals surface area contributed by atoms with Gasteiger partial charge in [-0.15, -0.1) is 0 Å². The molecule has 2 aromatic carbocycles. The van der Waals surface area contributed by atoms with Gasteiger partial charge in [0.15, 0.2) is 0 Å². The number of aromatic nitrogens is 3. The van der Waals surface area contributed by atoms with E-state index in [1.165, 1.54) is 25.7 Å². The average Bonchev–Trinajstić information content (AvgIpc) is 3.55. The summed E-state index contributed by atoms with van der Waals surface area (Å²) >= 11 is 0. The van der Waals surface area contributed by atoms with E-state index in [1.807, 2.05) is 54.6 Å². The largest absolute Gasteiger partial charge is 0.457 e. The van der Waals surface area contributed by atoms with Gasteiger partial charge in [0.2, 0.25) is 17.8 Å². The SMILES string of the molecule is C(=NNc1nc(N2CCCC2)nc(N2CCCC2)n1)c1cccc(Oc2ccccc2)c1. The van der Waals surface area contributed by atoms with Gasteiger partial charge in [0.1, 0.15) is 11.5 Å². The van der Waals surface area contributed by atoms with E-state index in [0.29, 0.717) is 5.95 Å². The van der Waals surface area contributed by atoms with Crippen LogP contribution in [0.4, 0.5) is 17.8 Å². The summed E-state index contributed by atoms with van der Waals surface area (Å²) in [7, 11) is 0. The van der Waals surface area contributed by atoms with E-state index in [9.17, 15) is 0 Å². The Kier molecular flexibility index (Phi) is 6.09. The van der Waals surface area contributed by atoms with Gasteiger partial charge in [-0.05, 0) is 55.5 Å². The van der Waals surface area contributed by atoms with Crippen LogP contribution in [0, 0.1) is 0 Å². The first-order valence-electron chi connectivity index (χ1n) is 11.2. The van der Waals surface area contributed by atoms with Crippen molar-refractivity contribution in [3.63, 3.8) is 0 Å². The van der Waals surface area contributed by atoms with Crippen molar-refractivity contribution in [3.8, 4) is 11.5 Å². The quantitative estimate of drug-likeness (QED) is 0.443. The lowest BCUT2D eigenvalue weighted by Gasteiger charge is -2.20. The number of rotatable bonds is 7. The third kappa shape index (κ3) is 4.96. The maximum atomic E-state index is 5.90. The molecule has 0 spiro atoms. The zero-order chi connectivity index (χ0) is 21.6. The minimum Gasteiger partial charge on any atom is -0.457 e. The molecule has 0 aliphatic carbocycles. The van der Waals surface area contributed by atoms with Crippen LogP contribution < -0.4 is 20.0 Å². The molecule has 8 nitrogen and oxygen atoms in total. The molecule has 32 heavy (non-hydrogen) atoms. The molecule has 3 aromatic rings. The third-order valence-electron chi connectivity index (χ3n) is 5.60. The lowest BCUT2D eigenvalue weighted by Crippen LogP contribution is -2.25. The van der Waals surface area contributed by atoms with E-state index < -0.39 is 0 Å². The molecule has 2 fully saturated rings. The van der Waals surface area contributed by atoms with Gasteiger partial charge < -0.3 is 14.5 Å². The summed E-state index contributed by atoms with van der Waals surface area (Å²) in [4.78, 5) is 18.4. The lowest BCUT2D eigenvalue weighted by atomic mass is 10.2. The van der Waals surface area contributed by atoms with Crippen LogP contribution in [0.1, 0.15) is 31.2 Å². The number of nitrogens with zero attached hydrogens (tertiary/aromatic N) is 6. The second kappa shape index (κ2) is 9.64. The predicted molar refractivity (Wildman–Crippen MR) is 127 cm³/mol. The van der Waals surface area contributed by atoms with Crippen molar-refractivity contribution in [1.82, 2.24) is 15.0 Å². The minimum absolute atomic E-state index is 0.469. The Balaban J connectivity index is 1.31. The molecule has 8 heteroatoms. The van der Waals surface area contributed by atoms with Crippen molar-refractivity contribution in [1.29, 1.82) is 0 Å². The summed E-state index contributed by atoms with van der Waals surface area (Å²) < 4.78 is 5.90. The first kappa shape index (κ1) is 20.2. The molecule has 2 aliphatic heterocycles. The molecule has 1 N–H and O–H groups in total. The number of nitrogens with one attached hydrogen (secondary N) is 1. The molecule has 0 atom stereocenters. The number of hydrogen-bond acceptors (Lipinski definition) is 8. The minimum atomic E-state index is 0.469. The number of ether oxygens (including phenoxy) is 1. The summed E-state index contributed by atoms with van der Waals surface area (Å²) in [5.41, 5.74) is 3.92. The fourth-order valence-corrected chi connectivity index (χ4v) is 3.97. The Bertz CT molecular complexity index is 1030. The van der Waals surface area contributed by atoms with Gasteiger partial charge >= 0.3 is 0 Å². The molecule has 0 radical (unpaired) electrons. The van der Waals surface area contributed by atoms with Gasteiger partial charge in [0, 0.05) is 26.2 Å². The summed E-state index contributed by atoms with van der Waals surface area (Å²) in [6.45, 7) is 3.95. The highest BCUT2D eigenvalue weighted by Gasteiger charge is 2.21. The van der Waals surface area contributed by atoms with Gasteiger partial charge in [-0.3, -0.25) is 0 Å². The molecular weight excluding hydrogens is 402 g/mol. The molecule has 2 aliphatic rings. The molecule has 0 unspecified atom stereocenters. The van der Waals surface area contributed by atoms with Crippen LogP contribution in [0.25, 0.3) is 0 Å². The van der Waals surface area contributed by atoms with Gasteiger partial charge in [-0.2, -0.15) is 20.1 Å². The average molecular weight is 430 g/mol. The van der Waals surface area contributed by atoms with Crippen molar-refractivity contribution in [2.75, 3.05) is 41.4 Å². The Labute approximate surface area is 188 Å². The highest BCUT2D eigenvalue weighted by atomic mass is 16.5. The molecule has 2 saturated heterocycles. The number of hydrazone groups is 1. The van der Waals surface area contributed by atoms with Crippen LogP contribution >= 0.6 is 0 Å². The van der Waals surface area contributed by atoms with Crippen molar-refractivity contribution in [3.05, 3.63) is 60.2 Å². The van der Waals surface area contributed by atoms with Gasteiger partial charge in [0.25, 0.3) is 0 Å². The van der Waals surface area contributed by atoms with Crippen LogP contribution in [0.5, 0.6) is 11.5 Å². The first-order valence-corrected chi connectivity index (χ1v) is 11.2. The van der Waals surface area contributed by atoms with E-state index in [4.69, 9.17) is 9.72 Å². The van der Waals surface area contributed by atoms with Crippen LogP contribution in [0.3, 0.4) is 0 Å². The Morgan fingerprint density at radius 3 is 2.03 bits per heavy atom. The maximum Gasteiger partial charge on any atom is 0.250 e. The Morgan fingerprint density at radius 2 is 1.38 bits per heavy atom. The third-order valence-corrected chi connectivity index (χ3v) is 5.60. The predicted octanol–water partition coefficient (Wildman–Crippen LogP) is 4.31. The molecule has 0 amide bonds. The topological polar surface area (TPSA) is 78.8 Å². The lowest BCUT2D eigenvalue weighted by molar-refractivity contribution is 0.482. The Morgan fingerprint density at radius 1 is 0.750 bits per heavy atom. The fourth-order valence-electron chi connectivity index (χ4n) is 3.97. The van der Waals surface area contributed by atoms with Gasteiger partial charge in [0.05, 0.1) is 6.21 Å². The summed E-state index contributed by atoms with van der Waals surface area (Å²) in [5.74, 6) is 3.49. The Hall–Kier alpha value is -3.68. The molecule has 1 aromatic heterocycles. The molecule has 0 bridgehead atoms. The monoisotopic (exact) mass is 429 g/mol. The van der Waals surface area contributed by atoms with Crippen molar-refractivity contribution < 1.29 is 4.74 Å². The standard InChI is InChI=1S/C24H27N7O/c1-2-10-20(11-3-1)32-21-12-8-9-19(17-21)18-25-29-22-26-23(30-13-4-5-14-30)28-24(27-22)31-15-6-7-16-31/h1-3,8-12,17-18H,4-7,13-16H2,(H,26,27,28,29). The molecule has 3 heterocycles. The number of para-hydroxylation sites is 1. The molecule has 5 rings (SSSR count). The normalized spacial score (nSPS) is 16.1. The van der Waals surface area contributed by atoms with E-state index in [2.05, 4.69) is 30.3 Å². The zero-order valence-electron chi connectivity index (χ0n) is 18.0. The van der Waals surface area contributed by atoms with E-state index in [1.54, 1.807) is 6.21 Å². The second-order valence-corrected chi connectivity index (χ2v) is 8.00. The molecule has 0 saturated carbocycles. The van der Waals surface area contributed by atoms with Crippen LogP contribution in [0.15, 0.2) is 59.7 Å². The highest BCUT2D eigenvalue weighted by Crippen LogP contribution is 2.23. The van der Waals surface area contributed by atoms with E-state index >= 15 is 0 Å². The summed E-state index contributed by atoms with van der Waals surface area (Å²) in [6.07, 6.45) is 6.44. The van der Waals surface area contributed by atoms with Crippen molar-refractivity contribution in [2.24, 2.45) is 5.10 Å².